The Morgan fingerprint density at radius 3 is 2.29 bits per heavy atom. The van der Waals surface area contributed by atoms with Crippen LogP contribution in [0.1, 0.15) is 38.7 Å². The number of esters is 1. The first-order valence-corrected chi connectivity index (χ1v) is 10.4. The highest BCUT2D eigenvalue weighted by Crippen LogP contribution is 2.44. The van der Waals surface area contributed by atoms with Crippen molar-refractivity contribution >= 4 is 11.7 Å². The van der Waals surface area contributed by atoms with Crippen molar-refractivity contribution in [1.82, 2.24) is 5.32 Å². The highest BCUT2D eigenvalue weighted by molar-refractivity contribution is 5.87. The third-order valence-corrected chi connectivity index (χ3v) is 6.64. The average molecular weight is 379 g/mol. The fourth-order valence-electron chi connectivity index (χ4n) is 4.86. The molecule has 2 aromatic carbocycles. The Hall–Kier alpha value is -2.33. The fraction of sp³-hybridized carbons (Fsp3) is 0.458. The number of piperidine rings is 1. The Bertz CT molecular complexity index is 802. The third-order valence-electron chi connectivity index (χ3n) is 6.64. The first-order valence-electron chi connectivity index (χ1n) is 10.4. The van der Waals surface area contributed by atoms with Gasteiger partial charge in [0.1, 0.15) is 11.1 Å². The maximum atomic E-state index is 13.5. The Labute approximate surface area is 167 Å². The lowest BCUT2D eigenvalue weighted by Gasteiger charge is -2.57. The van der Waals surface area contributed by atoms with Crippen LogP contribution in [0.4, 0.5) is 5.69 Å². The normalized spacial score (nSPS) is 26.9. The monoisotopic (exact) mass is 378 g/mol. The molecule has 2 fully saturated rings. The lowest BCUT2D eigenvalue weighted by molar-refractivity contribution is -0.182. The molecule has 2 aliphatic heterocycles. The molecule has 0 aromatic heterocycles. The lowest BCUT2D eigenvalue weighted by atomic mass is 9.77. The summed E-state index contributed by atoms with van der Waals surface area (Å²) in [4.78, 5) is 15.8. The van der Waals surface area contributed by atoms with Gasteiger partial charge in [0.2, 0.25) is 0 Å². The van der Waals surface area contributed by atoms with Crippen LogP contribution < -0.4 is 10.2 Å². The molecule has 2 heterocycles. The van der Waals surface area contributed by atoms with Crippen LogP contribution in [0.25, 0.3) is 0 Å². The number of benzene rings is 2. The number of hydrogen-bond acceptors (Lipinski definition) is 4. The van der Waals surface area contributed by atoms with Gasteiger partial charge in [-0.3, -0.25) is 0 Å². The van der Waals surface area contributed by atoms with E-state index >= 15 is 0 Å². The summed E-state index contributed by atoms with van der Waals surface area (Å²) < 4.78 is 6.26. The number of anilines is 1. The van der Waals surface area contributed by atoms with Crippen LogP contribution in [0, 0.1) is 0 Å². The lowest BCUT2D eigenvalue weighted by Crippen LogP contribution is -2.71. The summed E-state index contributed by atoms with van der Waals surface area (Å²) >= 11 is 0. The van der Waals surface area contributed by atoms with Crippen molar-refractivity contribution in [2.75, 3.05) is 18.0 Å². The molecule has 28 heavy (non-hydrogen) atoms. The molecule has 2 aliphatic rings. The van der Waals surface area contributed by atoms with E-state index in [0.29, 0.717) is 0 Å². The number of rotatable bonds is 4. The number of carbonyl (C=O) groups is 1. The van der Waals surface area contributed by atoms with E-state index in [9.17, 15) is 4.79 Å². The van der Waals surface area contributed by atoms with E-state index in [-0.39, 0.29) is 12.0 Å². The van der Waals surface area contributed by atoms with Gasteiger partial charge in [0, 0.05) is 18.5 Å². The van der Waals surface area contributed by atoms with Crippen LogP contribution in [-0.4, -0.2) is 36.2 Å². The summed E-state index contributed by atoms with van der Waals surface area (Å²) in [5.74, 6) is -0.0905. The second-order valence-electron chi connectivity index (χ2n) is 8.35. The molecular formula is C24H30N2O2. The van der Waals surface area contributed by atoms with E-state index in [2.05, 4.69) is 72.6 Å². The van der Waals surface area contributed by atoms with Gasteiger partial charge in [-0.15, -0.1) is 0 Å². The number of ether oxygens (including phenoxy) is 1. The fourth-order valence-corrected chi connectivity index (χ4v) is 4.86. The topological polar surface area (TPSA) is 41.6 Å². The van der Waals surface area contributed by atoms with Crippen LogP contribution in [0.3, 0.4) is 0 Å². The summed E-state index contributed by atoms with van der Waals surface area (Å²) in [6.07, 6.45) is 3.29. The van der Waals surface area contributed by atoms with Gasteiger partial charge in [0.15, 0.2) is 0 Å². The molecule has 4 nitrogen and oxygen atoms in total. The van der Waals surface area contributed by atoms with Crippen molar-refractivity contribution in [2.24, 2.45) is 0 Å². The summed E-state index contributed by atoms with van der Waals surface area (Å²) in [6, 6.07) is 20.9. The molecule has 2 saturated heterocycles. The van der Waals surface area contributed by atoms with Gasteiger partial charge in [-0.25, -0.2) is 4.79 Å². The average Bonchev–Trinajstić information content (AvgIpc) is 2.74. The van der Waals surface area contributed by atoms with E-state index in [1.54, 1.807) is 0 Å². The number of nitrogens with zero attached hydrogens (tertiary/aromatic N) is 1. The summed E-state index contributed by atoms with van der Waals surface area (Å²) in [5, 5.41) is 3.40. The molecule has 148 valence electrons. The number of morpholine rings is 1. The largest absolute Gasteiger partial charge is 0.455 e. The molecule has 0 bridgehead atoms. The molecule has 0 saturated carbocycles. The SMILES string of the molecule is CC1N(c2ccccc2)C(C)(CCc2ccccc2)C(=O)OC12CCNCC2. The van der Waals surface area contributed by atoms with E-state index in [4.69, 9.17) is 4.74 Å². The second-order valence-corrected chi connectivity index (χ2v) is 8.35. The van der Waals surface area contributed by atoms with Crippen molar-refractivity contribution in [3.63, 3.8) is 0 Å². The highest BCUT2D eigenvalue weighted by Gasteiger charge is 2.57. The van der Waals surface area contributed by atoms with Gasteiger partial charge in [0.25, 0.3) is 0 Å². The summed E-state index contributed by atoms with van der Waals surface area (Å²) in [5.41, 5.74) is 1.25. The van der Waals surface area contributed by atoms with E-state index in [1.807, 2.05) is 12.1 Å². The van der Waals surface area contributed by atoms with Gasteiger partial charge in [0.05, 0.1) is 6.04 Å². The highest BCUT2D eigenvalue weighted by atomic mass is 16.6. The number of para-hydroxylation sites is 1. The minimum atomic E-state index is -0.688. The molecule has 2 atom stereocenters. The minimum absolute atomic E-state index is 0.0905. The molecule has 1 spiro atoms. The molecule has 2 unspecified atom stereocenters. The Balaban J connectivity index is 1.70. The van der Waals surface area contributed by atoms with E-state index < -0.39 is 11.1 Å². The van der Waals surface area contributed by atoms with Gasteiger partial charge >= 0.3 is 5.97 Å². The second kappa shape index (κ2) is 7.59. The molecule has 2 aromatic rings. The summed E-state index contributed by atoms with van der Waals surface area (Å²) in [6.45, 7) is 6.06. The first-order chi connectivity index (χ1) is 13.6. The summed E-state index contributed by atoms with van der Waals surface area (Å²) in [7, 11) is 0. The van der Waals surface area contributed by atoms with Crippen LogP contribution >= 0.6 is 0 Å². The van der Waals surface area contributed by atoms with Crippen molar-refractivity contribution < 1.29 is 9.53 Å². The minimum Gasteiger partial charge on any atom is -0.455 e. The Kier molecular flexibility index (Phi) is 5.15. The molecule has 1 N–H and O–H groups in total. The quantitative estimate of drug-likeness (QED) is 0.818. The molecular weight excluding hydrogens is 348 g/mol. The number of aryl methyl sites for hydroxylation is 1. The van der Waals surface area contributed by atoms with Gasteiger partial charge in [-0.2, -0.15) is 0 Å². The smallest absolute Gasteiger partial charge is 0.332 e. The van der Waals surface area contributed by atoms with Crippen molar-refractivity contribution in [2.45, 2.75) is 56.7 Å². The zero-order chi connectivity index (χ0) is 19.6. The van der Waals surface area contributed by atoms with Crippen molar-refractivity contribution in [3.8, 4) is 0 Å². The van der Waals surface area contributed by atoms with Gasteiger partial charge in [-0.1, -0.05) is 48.5 Å². The zero-order valence-corrected chi connectivity index (χ0v) is 16.9. The first kappa shape index (κ1) is 19.0. The number of hydrogen-bond donors (Lipinski definition) is 1. The van der Waals surface area contributed by atoms with Crippen molar-refractivity contribution in [1.29, 1.82) is 0 Å². The molecule has 4 rings (SSSR count). The number of carbonyl (C=O) groups excluding carboxylic acids is 1. The van der Waals surface area contributed by atoms with E-state index in [1.165, 1.54) is 5.56 Å². The van der Waals surface area contributed by atoms with Crippen LogP contribution in [0.2, 0.25) is 0 Å². The Morgan fingerprint density at radius 2 is 1.64 bits per heavy atom. The maximum Gasteiger partial charge on any atom is 0.332 e. The maximum absolute atomic E-state index is 13.5. The van der Waals surface area contributed by atoms with Crippen LogP contribution in [-0.2, 0) is 16.0 Å². The van der Waals surface area contributed by atoms with Crippen LogP contribution in [0.15, 0.2) is 60.7 Å². The predicted octanol–water partition coefficient (Wildman–Crippen LogP) is 3.95. The van der Waals surface area contributed by atoms with E-state index in [0.717, 1.165) is 44.5 Å². The molecule has 0 amide bonds. The van der Waals surface area contributed by atoms with Gasteiger partial charge < -0.3 is 15.0 Å². The molecule has 4 heteroatoms. The van der Waals surface area contributed by atoms with Gasteiger partial charge in [-0.05, 0) is 57.5 Å². The zero-order valence-electron chi connectivity index (χ0n) is 16.9. The van der Waals surface area contributed by atoms with Crippen LogP contribution in [0.5, 0.6) is 0 Å². The number of nitrogens with one attached hydrogen (secondary N) is 1. The molecule has 0 radical (unpaired) electrons. The van der Waals surface area contributed by atoms with Crippen molar-refractivity contribution in [3.05, 3.63) is 66.2 Å². The molecule has 0 aliphatic carbocycles. The Morgan fingerprint density at radius 1 is 1.04 bits per heavy atom. The standard InChI is InChI=1S/C24H30N2O2/c1-19-24(15-17-25-18-16-24)28-22(27)23(2,14-13-20-9-5-3-6-10-20)26(19)21-11-7-4-8-12-21/h3-12,19,25H,13-18H2,1-2H3. The predicted molar refractivity (Wildman–Crippen MR) is 112 cm³/mol. The third kappa shape index (κ3) is 3.30.